The zero-order chi connectivity index (χ0) is 20.1. The number of hydrogen-bond acceptors (Lipinski definition) is 4. The molecular formula is C21H28N2O5. The van der Waals surface area contributed by atoms with E-state index in [4.69, 9.17) is 9.84 Å². The van der Waals surface area contributed by atoms with E-state index in [9.17, 15) is 14.4 Å². The number of fused-ring (bicyclic) bond motifs is 1. The number of carbonyl (C=O) groups is 3. The van der Waals surface area contributed by atoms with Gasteiger partial charge >= 0.3 is 5.97 Å². The van der Waals surface area contributed by atoms with Gasteiger partial charge in [-0.1, -0.05) is 24.3 Å². The van der Waals surface area contributed by atoms with E-state index in [-0.39, 0.29) is 30.5 Å². The molecule has 0 aliphatic carbocycles. The summed E-state index contributed by atoms with van der Waals surface area (Å²) in [7, 11) is 0. The van der Waals surface area contributed by atoms with Crippen LogP contribution in [0.5, 0.6) is 0 Å². The minimum Gasteiger partial charge on any atom is -0.480 e. The van der Waals surface area contributed by atoms with E-state index < -0.39 is 5.97 Å². The molecule has 0 radical (unpaired) electrons. The number of carboxylic acid groups (broad SMARTS) is 1. The third kappa shape index (κ3) is 4.90. The lowest BCUT2D eigenvalue weighted by Gasteiger charge is -2.30. The van der Waals surface area contributed by atoms with Crippen molar-refractivity contribution in [3.05, 3.63) is 35.4 Å². The van der Waals surface area contributed by atoms with Gasteiger partial charge in [-0.2, -0.15) is 0 Å². The molecular weight excluding hydrogens is 360 g/mol. The number of ether oxygens (including phenoxy) is 1. The molecule has 152 valence electrons. The molecule has 1 saturated heterocycles. The molecule has 1 aromatic rings. The minimum atomic E-state index is -1.01. The lowest BCUT2D eigenvalue weighted by atomic mass is 9.95. The van der Waals surface area contributed by atoms with Crippen LogP contribution in [-0.4, -0.2) is 65.0 Å². The molecule has 0 saturated carbocycles. The van der Waals surface area contributed by atoms with Crippen molar-refractivity contribution in [1.82, 2.24) is 9.80 Å². The summed E-state index contributed by atoms with van der Waals surface area (Å²) in [6, 6.07) is 7.96. The molecule has 2 heterocycles. The minimum absolute atomic E-state index is 0.0509. The van der Waals surface area contributed by atoms with Crippen LogP contribution in [0.3, 0.4) is 0 Å². The van der Waals surface area contributed by atoms with Crippen LogP contribution in [0.15, 0.2) is 24.3 Å². The standard InChI is InChI=1S/C21H28N2O5/c1-15(24)23(14-21(26)27)17-6-4-10-22(11-8-17)20(25)13-19-18-7-3-2-5-16(18)9-12-28-19/h2-3,5,7,17,19H,4,6,8-14H2,1H3,(H,26,27). The molecule has 3 rings (SSSR count). The van der Waals surface area contributed by atoms with Gasteiger partial charge in [0.05, 0.1) is 19.1 Å². The van der Waals surface area contributed by atoms with Gasteiger partial charge in [0.25, 0.3) is 0 Å². The second kappa shape index (κ2) is 9.19. The summed E-state index contributed by atoms with van der Waals surface area (Å²) < 4.78 is 5.87. The lowest BCUT2D eigenvalue weighted by Crippen LogP contribution is -2.43. The van der Waals surface area contributed by atoms with Crippen molar-refractivity contribution in [3.63, 3.8) is 0 Å². The Balaban J connectivity index is 1.60. The Hall–Kier alpha value is -2.41. The van der Waals surface area contributed by atoms with E-state index in [1.54, 1.807) is 0 Å². The number of benzene rings is 1. The molecule has 2 aliphatic heterocycles. The number of rotatable bonds is 5. The quantitative estimate of drug-likeness (QED) is 0.834. The van der Waals surface area contributed by atoms with Crippen molar-refractivity contribution in [1.29, 1.82) is 0 Å². The fourth-order valence-electron chi connectivity index (χ4n) is 4.22. The zero-order valence-corrected chi connectivity index (χ0v) is 16.3. The molecule has 0 bridgehead atoms. The van der Waals surface area contributed by atoms with Gasteiger partial charge in [0.2, 0.25) is 11.8 Å². The maximum absolute atomic E-state index is 12.9. The number of carbonyl (C=O) groups excluding carboxylic acids is 2. The Morgan fingerprint density at radius 1 is 1.21 bits per heavy atom. The summed E-state index contributed by atoms with van der Waals surface area (Å²) in [6.07, 6.45) is 3.03. The molecule has 2 atom stereocenters. The van der Waals surface area contributed by atoms with E-state index in [1.165, 1.54) is 17.4 Å². The normalized spacial score (nSPS) is 22.1. The average molecular weight is 388 g/mol. The summed E-state index contributed by atoms with van der Waals surface area (Å²) in [5, 5.41) is 9.06. The highest BCUT2D eigenvalue weighted by molar-refractivity contribution is 5.80. The van der Waals surface area contributed by atoms with Crippen molar-refractivity contribution in [3.8, 4) is 0 Å². The van der Waals surface area contributed by atoms with Crippen LogP contribution in [0.2, 0.25) is 0 Å². The SMILES string of the molecule is CC(=O)N(CC(=O)O)C1CCCN(C(=O)CC2OCCc3ccccc32)CC1. The number of likely N-dealkylation sites (tertiary alicyclic amines) is 1. The van der Waals surface area contributed by atoms with Gasteiger partial charge in [-0.3, -0.25) is 14.4 Å². The van der Waals surface area contributed by atoms with Gasteiger partial charge in [-0.15, -0.1) is 0 Å². The summed E-state index contributed by atoms with van der Waals surface area (Å²) in [6.45, 7) is 2.89. The van der Waals surface area contributed by atoms with E-state index in [0.29, 0.717) is 39.0 Å². The summed E-state index contributed by atoms with van der Waals surface area (Å²) >= 11 is 0. The first-order valence-electron chi connectivity index (χ1n) is 9.92. The van der Waals surface area contributed by atoms with Crippen LogP contribution in [0, 0.1) is 0 Å². The van der Waals surface area contributed by atoms with E-state index in [0.717, 1.165) is 18.4 Å². The molecule has 28 heavy (non-hydrogen) atoms. The van der Waals surface area contributed by atoms with Crippen LogP contribution in [0.1, 0.15) is 49.8 Å². The highest BCUT2D eigenvalue weighted by Crippen LogP contribution is 2.30. The number of nitrogens with zero attached hydrogens (tertiary/aromatic N) is 2. The zero-order valence-electron chi connectivity index (χ0n) is 16.3. The fourth-order valence-corrected chi connectivity index (χ4v) is 4.22. The van der Waals surface area contributed by atoms with Gasteiger partial charge in [0.15, 0.2) is 0 Å². The second-order valence-corrected chi connectivity index (χ2v) is 7.52. The van der Waals surface area contributed by atoms with Crippen LogP contribution < -0.4 is 0 Å². The van der Waals surface area contributed by atoms with Crippen molar-refractivity contribution in [2.75, 3.05) is 26.2 Å². The number of aliphatic carboxylic acids is 1. The van der Waals surface area contributed by atoms with Crippen LogP contribution in [0.25, 0.3) is 0 Å². The molecule has 0 spiro atoms. The summed E-state index contributed by atoms with van der Waals surface area (Å²) in [4.78, 5) is 39.1. The van der Waals surface area contributed by atoms with Crippen molar-refractivity contribution >= 4 is 17.8 Å². The molecule has 1 fully saturated rings. The second-order valence-electron chi connectivity index (χ2n) is 7.52. The Labute approximate surface area is 165 Å². The maximum atomic E-state index is 12.9. The third-order valence-corrected chi connectivity index (χ3v) is 5.65. The molecule has 1 N–H and O–H groups in total. The topological polar surface area (TPSA) is 87.2 Å². The molecule has 7 nitrogen and oxygen atoms in total. The molecule has 2 aliphatic rings. The van der Waals surface area contributed by atoms with E-state index >= 15 is 0 Å². The average Bonchev–Trinajstić information content (AvgIpc) is 2.92. The first-order chi connectivity index (χ1) is 13.5. The first-order valence-corrected chi connectivity index (χ1v) is 9.92. The molecule has 2 unspecified atom stereocenters. The molecule has 7 heteroatoms. The number of hydrogen-bond donors (Lipinski definition) is 1. The Morgan fingerprint density at radius 3 is 2.75 bits per heavy atom. The summed E-state index contributed by atoms with van der Waals surface area (Å²) in [5.74, 6) is -1.20. The monoisotopic (exact) mass is 388 g/mol. The molecule has 1 aromatic carbocycles. The van der Waals surface area contributed by atoms with Crippen molar-refractivity contribution < 1.29 is 24.2 Å². The van der Waals surface area contributed by atoms with Crippen molar-refractivity contribution in [2.24, 2.45) is 0 Å². The Kier molecular flexibility index (Phi) is 6.67. The van der Waals surface area contributed by atoms with Gasteiger partial charge in [0, 0.05) is 26.1 Å². The summed E-state index contributed by atoms with van der Waals surface area (Å²) in [5.41, 5.74) is 2.34. The molecule has 0 aromatic heterocycles. The van der Waals surface area contributed by atoms with E-state index in [1.807, 2.05) is 23.1 Å². The van der Waals surface area contributed by atoms with Gasteiger partial charge < -0.3 is 19.6 Å². The smallest absolute Gasteiger partial charge is 0.323 e. The van der Waals surface area contributed by atoms with Crippen LogP contribution >= 0.6 is 0 Å². The fraction of sp³-hybridized carbons (Fsp3) is 0.571. The van der Waals surface area contributed by atoms with Gasteiger partial charge in [-0.05, 0) is 36.8 Å². The van der Waals surface area contributed by atoms with Gasteiger partial charge in [0.1, 0.15) is 6.54 Å². The van der Waals surface area contributed by atoms with E-state index in [2.05, 4.69) is 6.07 Å². The van der Waals surface area contributed by atoms with Crippen LogP contribution in [-0.2, 0) is 25.5 Å². The maximum Gasteiger partial charge on any atom is 0.323 e. The number of carboxylic acids is 1. The predicted octanol–water partition coefficient (Wildman–Crippen LogP) is 2.00. The lowest BCUT2D eigenvalue weighted by molar-refractivity contribution is -0.145. The Morgan fingerprint density at radius 2 is 2.00 bits per heavy atom. The first kappa shape index (κ1) is 20.3. The largest absolute Gasteiger partial charge is 0.480 e. The number of amides is 2. The third-order valence-electron chi connectivity index (χ3n) is 5.65. The van der Waals surface area contributed by atoms with Gasteiger partial charge in [-0.25, -0.2) is 0 Å². The Bertz CT molecular complexity index is 735. The highest BCUT2D eigenvalue weighted by Gasteiger charge is 2.30. The molecule has 2 amide bonds. The predicted molar refractivity (Wildman–Crippen MR) is 103 cm³/mol. The van der Waals surface area contributed by atoms with Crippen molar-refractivity contribution in [2.45, 2.75) is 51.2 Å². The van der Waals surface area contributed by atoms with Crippen LogP contribution in [0.4, 0.5) is 0 Å². The highest BCUT2D eigenvalue weighted by atomic mass is 16.5.